The summed E-state index contributed by atoms with van der Waals surface area (Å²) < 4.78 is 18.5. The van der Waals surface area contributed by atoms with Gasteiger partial charge in [-0.3, -0.25) is 0 Å². The quantitative estimate of drug-likeness (QED) is 0.781. The maximum absolute atomic E-state index is 12.9. The van der Waals surface area contributed by atoms with Crippen molar-refractivity contribution in [3.05, 3.63) is 24.0 Å². The molecule has 2 N–H and O–H groups in total. The molecule has 1 heterocycles. The lowest BCUT2D eigenvalue weighted by Gasteiger charge is -2.34. The third-order valence-corrected chi connectivity index (χ3v) is 2.92. The van der Waals surface area contributed by atoms with Crippen LogP contribution < -0.4 is 10.6 Å². The second kappa shape index (κ2) is 4.70. The first-order chi connectivity index (χ1) is 7.70. The summed E-state index contributed by atoms with van der Waals surface area (Å²) >= 11 is 0. The van der Waals surface area contributed by atoms with Gasteiger partial charge in [-0.25, -0.2) is 4.39 Å². The number of rotatable bonds is 2. The zero-order chi connectivity index (χ0) is 11.5. The molecule has 0 radical (unpaired) electrons. The standard InChI is InChI=1S/C12H17FN2O/c1-2-10-8-15(5-6-16-10)12-4-3-9(13)7-11(12)14/h3-4,7,10H,2,5-6,8,14H2,1H3. The molecule has 1 aromatic carbocycles. The molecule has 0 amide bonds. The number of nitrogens with two attached hydrogens (primary N) is 1. The monoisotopic (exact) mass is 224 g/mol. The van der Waals surface area contributed by atoms with E-state index < -0.39 is 0 Å². The Labute approximate surface area is 95.0 Å². The van der Waals surface area contributed by atoms with Crippen molar-refractivity contribution in [3.8, 4) is 0 Å². The molecule has 1 atom stereocenters. The molecule has 1 unspecified atom stereocenters. The lowest BCUT2D eigenvalue weighted by atomic mass is 10.2. The van der Waals surface area contributed by atoms with Crippen molar-refractivity contribution in [2.24, 2.45) is 0 Å². The molecular weight excluding hydrogens is 207 g/mol. The van der Waals surface area contributed by atoms with Crippen LogP contribution in [0.2, 0.25) is 0 Å². The fourth-order valence-corrected chi connectivity index (χ4v) is 2.00. The molecule has 16 heavy (non-hydrogen) atoms. The zero-order valence-corrected chi connectivity index (χ0v) is 9.45. The molecule has 0 aliphatic carbocycles. The van der Waals surface area contributed by atoms with Gasteiger partial charge in [-0.1, -0.05) is 6.92 Å². The summed E-state index contributed by atoms with van der Waals surface area (Å²) in [5, 5.41) is 0. The number of morpholine rings is 1. The second-order valence-electron chi connectivity index (χ2n) is 4.05. The largest absolute Gasteiger partial charge is 0.397 e. The van der Waals surface area contributed by atoms with E-state index in [1.807, 2.05) is 0 Å². The molecule has 4 heteroatoms. The molecule has 1 aromatic rings. The summed E-state index contributed by atoms with van der Waals surface area (Å²) in [5.41, 5.74) is 7.22. The Bertz CT molecular complexity index is 370. The van der Waals surface area contributed by atoms with Crippen molar-refractivity contribution in [1.29, 1.82) is 0 Å². The van der Waals surface area contributed by atoms with E-state index in [-0.39, 0.29) is 11.9 Å². The van der Waals surface area contributed by atoms with Crippen molar-refractivity contribution in [1.82, 2.24) is 0 Å². The average molecular weight is 224 g/mol. The SMILES string of the molecule is CCC1CN(c2ccc(F)cc2N)CCO1. The highest BCUT2D eigenvalue weighted by Crippen LogP contribution is 2.26. The minimum absolute atomic E-state index is 0.248. The van der Waals surface area contributed by atoms with Gasteiger partial charge in [0.2, 0.25) is 0 Å². The van der Waals surface area contributed by atoms with E-state index in [4.69, 9.17) is 10.5 Å². The van der Waals surface area contributed by atoms with Crippen molar-refractivity contribution in [2.45, 2.75) is 19.4 Å². The Kier molecular flexibility index (Phi) is 3.29. The third-order valence-electron chi connectivity index (χ3n) is 2.92. The van der Waals surface area contributed by atoms with Crippen LogP contribution in [-0.2, 0) is 4.74 Å². The fourth-order valence-electron chi connectivity index (χ4n) is 2.00. The van der Waals surface area contributed by atoms with E-state index in [1.54, 1.807) is 6.07 Å². The van der Waals surface area contributed by atoms with E-state index in [1.165, 1.54) is 12.1 Å². The first-order valence-corrected chi connectivity index (χ1v) is 5.62. The lowest BCUT2D eigenvalue weighted by molar-refractivity contribution is 0.0385. The Morgan fingerprint density at radius 1 is 1.56 bits per heavy atom. The van der Waals surface area contributed by atoms with Gasteiger partial charge in [0.05, 0.1) is 24.1 Å². The molecule has 2 rings (SSSR count). The maximum Gasteiger partial charge on any atom is 0.125 e. The molecule has 0 spiro atoms. The van der Waals surface area contributed by atoms with E-state index in [0.29, 0.717) is 12.3 Å². The summed E-state index contributed by atoms with van der Waals surface area (Å²) in [6.45, 7) is 4.44. The number of hydrogen-bond acceptors (Lipinski definition) is 3. The van der Waals surface area contributed by atoms with Crippen LogP contribution in [0, 0.1) is 5.82 Å². The number of anilines is 2. The van der Waals surface area contributed by atoms with Crippen LogP contribution in [0.4, 0.5) is 15.8 Å². The van der Waals surface area contributed by atoms with Crippen molar-refractivity contribution >= 4 is 11.4 Å². The van der Waals surface area contributed by atoms with Crippen LogP contribution in [-0.4, -0.2) is 25.8 Å². The Morgan fingerprint density at radius 3 is 3.06 bits per heavy atom. The normalized spacial score (nSPS) is 21.1. The van der Waals surface area contributed by atoms with Crippen LogP contribution in [0.15, 0.2) is 18.2 Å². The number of benzene rings is 1. The Balaban J connectivity index is 2.16. The topological polar surface area (TPSA) is 38.5 Å². The van der Waals surface area contributed by atoms with Gasteiger partial charge in [0.25, 0.3) is 0 Å². The molecule has 1 aliphatic rings. The first kappa shape index (κ1) is 11.2. The van der Waals surface area contributed by atoms with Crippen LogP contribution >= 0.6 is 0 Å². The second-order valence-corrected chi connectivity index (χ2v) is 4.05. The molecule has 1 aliphatic heterocycles. The predicted molar refractivity (Wildman–Crippen MR) is 63.1 cm³/mol. The van der Waals surface area contributed by atoms with Gasteiger partial charge in [-0.05, 0) is 24.6 Å². The number of nitrogen functional groups attached to an aromatic ring is 1. The van der Waals surface area contributed by atoms with Gasteiger partial charge in [0, 0.05) is 13.1 Å². The smallest absolute Gasteiger partial charge is 0.125 e. The predicted octanol–water partition coefficient (Wildman–Crippen LogP) is 2.02. The van der Waals surface area contributed by atoms with Crippen molar-refractivity contribution in [2.75, 3.05) is 30.3 Å². The number of ether oxygens (including phenoxy) is 1. The summed E-state index contributed by atoms with van der Waals surface area (Å²) in [7, 11) is 0. The molecule has 0 bridgehead atoms. The summed E-state index contributed by atoms with van der Waals surface area (Å²) in [4.78, 5) is 2.16. The maximum atomic E-state index is 12.9. The number of nitrogens with zero attached hydrogens (tertiary/aromatic N) is 1. The minimum Gasteiger partial charge on any atom is -0.397 e. The van der Waals surface area contributed by atoms with Gasteiger partial charge in [0.15, 0.2) is 0 Å². The molecule has 0 aromatic heterocycles. The van der Waals surface area contributed by atoms with Crippen LogP contribution in [0.5, 0.6) is 0 Å². The zero-order valence-electron chi connectivity index (χ0n) is 9.45. The highest BCUT2D eigenvalue weighted by Gasteiger charge is 2.20. The van der Waals surface area contributed by atoms with Gasteiger partial charge < -0.3 is 15.4 Å². The first-order valence-electron chi connectivity index (χ1n) is 5.62. The summed E-state index contributed by atoms with van der Waals surface area (Å²) in [5.74, 6) is -0.290. The number of hydrogen-bond donors (Lipinski definition) is 1. The molecule has 0 saturated carbocycles. The molecule has 88 valence electrons. The minimum atomic E-state index is -0.290. The van der Waals surface area contributed by atoms with Gasteiger partial charge in [-0.2, -0.15) is 0 Å². The molecule has 3 nitrogen and oxygen atoms in total. The van der Waals surface area contributed by atoms with E-state index in [0.717, 1.165) is 25.2 Å². The molecule has 1 fully saturated rings. The van der Waals surface area contributed by atoms with E-state index in [2.05, 4.69) is 11.8 Å². The van der Waals surface area contributed by atoms with Crippen molar-refractivity contribution in [3.63, 3.8) is 0 Å². The lowest BCUT2D eigenvalue weighted by Crippen LogP contribution is -2.42. The van der Waals surface area contributed by atoms with Gasteiger partial charge in [-0.15, -0.1) is 0 Å². The Morgan fingerprint density at radius 2 is 2.38 bits per heavy atom. The summed E-state index contributed by atoms with van der Waals surface area (Å²) in [6, 6.07) is 4.55. The molecule has 1 saturated heterocycles. The van der Waals surface area contributed by atoms with Crippen molar-refractivity contribution < 1.29 is 9.13 Å². The number of halogens is 1. The fraction of sp³-hybridized carbons (Fsp3) is 0.500. The van der Waals surface area contributed by atoms with Crippen LogP contribution in [0.1, 0.15) is 13.3 Å². The highest BCUT2D eigenvalue weighted by atomic mass is 19.1. The highest BCUT2D eigenvalue weighted by molar-refractivity contribution is 5.67. The van der Waals surface area contributed by atoms with E-state index in [9.17, 15) is 4.39 Å². The Hall–Kier alpha value is -1.29. The van der Waals surface area contributed by atoms with Gasteiger partial charge in [0.1, 0.15) is 5.82 Å². The summed E-state index contributed by atoms with van der Waals surface area (Å²) in [6.07, 6.45) is 1.23. The average Bonchev–Trinajstić information content (AvgIpc) is 2.29. The molecular formula is C12H17FN2O. The van der Waals surface area contributed by atoms with Gasteiger partial charge >= 0.3 is 0 Å². The third kappa shape index (κ3) is 2.27. The van der Waals surface area contributed by atoms with Crippen LogP contribution in [0.3, 0.4) is 0 Å². The van der Waals surface area contributed by atoms with E-state index >= 15 is 0 Å². The van der Waals surface area contributed by atoms with Crippen LogP contribution in [0.25, 0.3) is 0 Å².